The summed E-state index contributed by atoms with van der Waals surface area (Å²) in [6, 6.07) is 25.9. The molecule has 1 aromatic heterocycles. The summed E-state index contributed by atoms with van der Waals surface area (Å²) in [4.78, 5) is 28.8. The molecule has 4 aromatic rings. The third kappa shape index (κ3) is 5.67. The van der Waals surface area contributed by atoms with Crippen molar-refractivity contribution in [1.29, 1.82) is 0 Å². The smallest absolute Gasteiger partial charge is 0.240 e. The maximum absolute atomic E-state index is 13.9. The molecule has 2 aliphatic rings. The Morgan fingerprint density at radius 1 is 1.07 bits per heavy atom. The first-order valence-electron chi connectivity index (χ1n) is 14.2. The molecule has 3 heterocycles. The van der Waals surface area contributed by atoms with Crippen LogP contribution in [0.5, 0.6) is 5.75 Å². The summed E-state index contributed by atoms with van der Waals surface area (Å²) in [5, 5.41) is 7.98. The highest BCUT2D eigenvalue weighted by Crippen LogP contribution is 2.49. The molecule has 2 amide bonds. The number of nitrogens with one attached hydrogen (secondary N) is 1. The highest BCUT2D eigenvalue weighted by atomic mass is 32.2. The molecular formula is C33H34N4O4S. The first-order valence-corrected chi connectivity index (χ1v) is 15.3. The van der Waals surface area contributed by atoms with Gasteiger partial charge in [0, 0.05) is 24.3 Å². The van der Waals surface area contributed by atoms with Crippen molar-refractivity contribution in [3.63, 3.8) is 0 Å². The van der Waals surface area contributed by atoms with Gasteiger partial charge < -0.3 is 14.8 Å². The zero-order valence-electron chi connectivity index (χ0n) is 23.8. The SMILES string of the molecule is COc1ccc(-n2nc(-c3ccccc3)c3c2N(CC(=O)NC[C@@H]2CCCO2)C(=O)CS[C@@H]3c2ccccc2C)cc1. The summed E-state index contributed by atoms with van der Waals surface area (Å²) < 4.78 is 12.9. The third-order valence-electron chi connectivity index (χ3n) is 7.78. The second kappa shape index (κ2) is 12.4. The molecule has 1 fully saturated rings. The lowest BCUT2D eigenvalue weighted by molar-refractivity contribution is -0.123. The van der Waals surface area contributed by atoms with Crippen LogP contribution < -0.4 is 15.0 Å². The van der Waals surface area contributed by atoms with Gasteiger partial charge >= 0.3 is 0 Å². The van der Waals surface area contributed by atoms with Crippen LogP contribution in [0.25, 0.3) is 16.9 Å². The van der Waals surface area contributed by atoms with Gasteiger partial charge in [-0.15, -0.1) is 11.8 Å². The minimum Gasteiger partial charge on any atom is -0.497 e. The van der Waals surface area contributed by atoms with Gasteiger partial charge in [-0.05, 0) is 55.2 Å². The molecule has 0 spiro atoms. The molecule has 1 N–H and O–H groups in total. The van der Waals surface area contributed by atoms with Gasteiger partial charge in [-0.2, -0.15) is 5.10 Å². The number of fused-ring (bicyclic) bond motifs is 1. The average molecular weight is 583 g/mol. The van der Waals surface area contributed by atoms with E-state index < -0.39 is 0 Å². The average Bonchev–Trinajstić information content (AvgIpc) is 3.66. The van der Waals surface area contributed by atoms with E-state index in [-0.39, 0.29) is 35.5 Å². The van der Waals surface area contributed by atoms with Crippen LogP contribution in [0.15, 0.2) is 78.9 Å². The van der Waals surface area contributed by atoms with E-state index in [9.17, 15) is 9.59 Å². The molecular weight excluding hydrogens is 548 g/mol. The number of amides is 2. The van der Waals surface area contributed by atoms with Crippen LogP contribution in [-0.2, 0) is 14.3 Å². The molecule has 6 rings (SSSR count). The summed E-state index contributed by atoms with van der Waals surface area (Å²) in [7, 11) is 1.63. The van der Waals surface area contributed by atoms with E-state index in [2.05, 4.69) is 24.4 Å². The van der Waals surface area contributed by atoms with Crippen molar-refractivity contribution in [1.82, 2.24) is 15.1 Å². The number of hydrogen-bond acceptors (Lipinski definition) is 6. The van der Waals surface area contributed by atoms with Crippen molar-refractivity contribution in [2.24, 2.45) is 0 Å². The molecule has 42 heavy (non-hydrogen) atoms. The Morgan fingerprint density at radius 3 is 2.55 bits per heavy atom. The Kier molecular flexibility index (Phi) is 8.30. The van der Waals surface area contributed by atoms with Gasteiger partial charge in [0.25, 0.3) is 0 Å². The fourth-order valence-electron chi connectivity index (χ4n) is 5.59. The number of aromatic nitrogens is 2. The Hall–Kier alpha value is -4.08. The second-order valence-electron chi connectivity index (χ2n) is 10.5. The largest absolute Gasteiger partial charge is 0.497 e. The number of aryl methyl sites for hydroxylation is 1. The molecule has 0 aliphatic carbocycles. The van der Waals surface area contributed by atoms with Crippen LogP contribution in [-0.4, -0.2) is 60.3 Å². The molecule has 0 unspecified atom stereocenters. The fraction of sp³-hybridized carbons (Fsp3) is 0.303. The normalized spacial score (nSPS) is 18.4. The molecule has 2 atom stereocenters. The predicted molar refractivity (Wildman–Crippen MR) is 165 cm³/mol. The number of thioether (sulfide) groups is 1. The van der Waals surface area contributed by atoms with Crippen molar-refractivity contribution in [3.8, 4) is 22.7 Å². The Balaban J connectivity index is 1.52. The summed E-state index contributed by atoms with van der Waals surface area (Å²) >= 11 is 1.57. The van der Waals surface area contributed by atoms with Gasteiger partial charge in [-0.3, -0.25) is 14.5 Å². The quantitative estimate of drug-likeness (QED) is 0.303. The molecule has 9 heteroatoms. The summed E-state index contributed by atoms with van der Waals surface area (Å²) in [5.41, 5.74) is 5.65. The minimum absolute atomic E-state index is 0.0137. The van der Waals surface area contributed by atoms with E-state index in [1.54, 1.807) is 28.5 Å². The van der Waals surface area contributed by atoms with Crippen molar-refractivity contribution >= 4 is 29.4 Å². The predicted octanol–water partition coefficient (Wildman–Crippen LogP) is 5.32. The minimum atomic E-state index is -0.229. The third-order valence-corrected chi connectivity index (χ3v) is 9.01. The summed E-state index contributed by atoms with van der Waals surface area (Å²) in [6.45, 7) is 3.13. The first kappa shape index (κ1) is 28.1. The van der Waals surface area contributed by atoms with E-state index in [1.165, 1.54) is 0 Å². The zero-order chi connectivity index (χ0) is 29.1. The molecule has 2 aliphatic heterocycles. The Bertz CT molecular complexity index is 1560. The van der Waals surface area contributed by atoms with Gasteiger partial charge in [0.2, 0.25) is 11.8 Å². The number of benzene rings is 3. The van der Waals surface area contributed by atoms with Gasteiger partial charge in [-0.25, -0.2) is 4.68 Å². The molecule has 1 saturated heterocycles. The molecule has 0 saturated carbocycles. The molecule has 8 nitrogen and oxygen atoms in total. The van der Waals surface area contributed by atoms with Crippen LogP contribution in [0.3, 0.4) is 0 Å². The number of anilines is 1. The number of rotatable bonds is 8. The van der Waals surface area contributed by atoms with Crippen LogP contribution in [0.2, 0.25) is 0 Å². The van der Waals surface area contributed by atoms with E-state index >= 15 is 0 Å². The Labute approximate surface area is 250 Å². The topological polar surface area (TPSA) is 85.7 Å². The highest BCUT2D eigenvalue weighted by Gasteiger charge is 2.38. The number of methoxy groups -OCH3 is 1. The molecule has 0 radical (unpaired) electrons. The molecule has 0 bridgehead atoms. The van der Waals surface area contributed by atoms with Crippen LogP contribution in [0, 0.1) is 6.92 Å². The van der Waals surface area contributed by atoms with Gasteiger partial charge in [0.05, 0.1) is 35.6 Å². The fourth-order valence-corrected chi connectivity index (χ4v) is 6.88. The van der Waals surface area contributed by atoms with E-state index in [4.69, 9.17) is 14.6 Å². The van der Waals surface area contributed by atoms with Crippen LogP contribution in [0.4, 0.5) is 5.82 Å². The second-order valence-corrected chi connectivity index (χ2v) is 11.6. The highest BCUT2D eigenvalue weighted by molar-refractivity contribution is 8.00. The molecule has 3 aromatic carbocycles. The van der Waals surface area contributed by atoms with Gasteiger partial charge in [0.15, 0.2) is 0 Å². The summed E-state index contributed by atoms with van der Waals surface area (Å²) in [5.74, 6) is 1.18. The van der Waals surface area contributed by atoms with Gasteiger partial charge in [-0.1, -0.05) is 54.6 Å². The maximum Gasteiger partial charge on any atom is 0.240 e. The lowest BCUT2D eigenvalue weighted by Crippen LogP contribution is -2.44. The number of ether oxygens (including phenoxy) is 2. The van der Waals surface area contributed by atoms with E-state index in [0.29, 0.717) is 12.4 Å². The van der Waals surface area contributed by atoms with E-state index in [1.807, 2.05) is 66.7 Å². The summed E-state index contributed by atoms with van der Waals surface area (Å²) in [6.07, 6.45) is 1.93. The van der Waals surface area contributed by atoms with Crippen molar-refractivity contribution < 1.29 is 19.1 Å². The number of carbonyl (C=O) groups is 2. The maximum atomic E-state index is 13.9. The van der Waals surface area contributed by atoms with Crippen LogP contribution >= 0.6 is 11.8 Å². The number of carbonyl (C=O) groups excluding carboxylic acids is 2. The van der Waals surface area contributed by atoms with E-state index in [0.717, 1.165) is 58.8 Å². The number of nitrogens with zero attached hydrogens (tertiary/aromatic N) is 3. The molecule has 216 valence electrons. The lowest BCUT2D eigenvalue weighted by atomic mass is 9.97. The van der Waals surface area contributed by atoms with Crippen molar-refractivity contribution in [2.45, 2.75) is 31.1 Å². The monoisotopic (exact) mass is 582 g/mol. The van der Waals surface area contributed by atoms with Crippen LogP contribution in [0.1, 0.15) is 34.8 Å². The zero-order valence-corrected chi connectivity index (χ0v) is 24.6. The van der Waals surface area contributed by atoms with Gasteiger partial charge in [0.1, 0.15) is 18.1 Å². The standard InChI is InChI=1S/C33H34N4O4S/c1-22-9-6-7-13-27(22)32-30-31(23-10-4-3-5-11-23)35-37(24-14-16-25(40-2)17-15-24)33(30)36(29(39)21-42-32)20-28(38)34-19-26-12-8-18-41-26/h3-7,9-11,13-17,26,32H,8,12,18-21H2,1-2H3,(H,34,38)/t26-,32+/m0/s1. The first-order chi connectivity index (χ1) is 20.5. The Morgan fingerprint density at radius 2 is 1.83 bits per heavy atom. The van der Waals surface area contributed by atoms with Crippen molar-refractivity contribution in [2.75, 3.05) is 37.5 Å². The lowest BCUT2D eigenvalue weighted by Gasteiger charge is -2.24. The van der Waals surface area contributed by atoms with Crippen molar-refractivity contribution in [3.05, 3.63) is 95.6 Å². The number of hydrogen-bond donors (Lipinski definition) is 1.